The number of benzene rings is 2. The number of amides is 1. The minimum atomic E-state index is -1.68. The molecule has 1 amide bonds. The number of aliphatic hydroxyl groups excluding tert-OH is 1. The van der Waals surface area contributed by atoms with Gasteiger partial charge in [0.1, 0.15) is 11.5 Å². The first kappa shape index (κ1) is 16.8. The van der Waals surface area contributed by atoms with E-state index >= 15 is 0 Å². The van der Waals surface area contributed by atoms with Gasteiger partial charge in [-0.1, -0.05) is 12.1 Å². The van der Waals surface area contributed by atoms with E-state index in [1.807, 2.05) is 0 Å². The summed E-state index contributed by atoms with van der Waals surface area (Å²) in [6.45, 7) is 0. The van der Waals surface area contributed by atoms with Crippen LogP contribution in [-0.2, 0) is 9.59 Å². The Bertz CT molecular complexity index is 823. The van der Waals surface area contributed by atoms with Gasteiger partial charge in [0, 0.05) is 22.9 Å². The molecule has 122 valence electrons. The molecule has 4 N–H and O–H groups in total. The van der Waals surface area contributed by atoms with Crippen LogP contribution >= 0.6 is 0 Å². The van der Waals surface area contributed by atoms with Crippen LogP contribution in [0.4, 0.5) is 5.69 Å². The van der Waals surface area contributed by atoms with Crippen molar-refractivity contribution in [1.82, 2.24) is 0 Å². The number of carboxylic acids is 1. The molecule has 2 rings (SSSR count). The molecule has 0 unspecified atom stereocenters. The molecule has 0 radical (unpaired) electrons. The molecule has 0 saturated heterocycles. The van der Waals surface area contributed by atoms with Crippen LogP contribution in [0.5, 0.6) is 5.75 Å². The molecule has 0 bridgehead atoms. The monoisotopic (exact) mass is 327 g/mol. The van der Waals surface area contributed by atoms with Gasteiger partial charge in [-0.25, -0.2) is 4.79 Å². The lowest BCUT2D eigenvalue weighted by molar-refractivity contribution is -0.146. The molecule has 2 aromatic carbocycles. The molecular formula is C17H13NO6. The van der Waals surface area contributed by atoms with E-state index in [1.165, 1.54) is 42.5 Å². The molecule has 7 heteroatoms. The van der Waals surface area contributed by atoms with Gasteiger partial charge in [0.2, 0.25) is 0 Å². The van der Waals surface area contributed by atoms with Gasteiger partial charge < -0.3 is 20.6 Å². The predicted octanol–water partition coefficient (Wildman–Crippen LogP) is 2.20. The van der Waals surface area contributed by atoms with Crippen molar-refractivity contribution in [3.8, 4) is 5.75 Å². The van der Waals surface area contributed by atoms with Gasteiger partial charge in [0.05, 0.1) is 0 Å². The maximum atomic E-state index is 12.1. The third kappa shape index (κ3) is 4.20. The second kappa shape index (κ2) is 7.10. The number of hydrogen-bond donors (Lipinski definition) is 4. The molecule has 0 atom stereocenters. The Morgan fingerprint density at radius 1 is 0.917 bits per heavy atom. The lowest BCUT2D eigenvalue weighted by Crippen LogP contribution is -2.12. The summed E-state index contributed by atoms with van der Waals surface area (Å²) in [7, 11) is 0. The summed E-state index contributed by atoms with van der Waals surface area (Å²) >= 11 is 0. The summed E-state index contributed by atoms with van der Waals surface area (Å²) in [4.78, 5) is 33.6. The third-order valence-electron chi connectivity index (χ3n) is 3.02. The number of aliphatic hydroxyl groups is 1. The molecule has 24 heavy (non-hydrogen) atoms. The number of carbonyl (C=O) groups excluding carboxylic acids is 2. The van der Waals surface area contributed by atoms with E-state index < -0.39 is 23.4 Å². The molecule has 0 aliphatic carbocycles. The highest BCUT2D eigenvalue weighted by molar-refractivity contribution is 6.38. The lowest BCUT2D eigenvalue weighted by Gasteiger charge is -2.07. The van der Waals surface area contributed by atoms with Crippen molar-refractivity contribution < 1.29 is 29.7 Å². The molecular weight excluding hydrogens is 314 g/mol. The Balaban J connectivity index is 2.18. The van der Waals surface area contributed by atoms with Gasteiger partial charge in [-0.05, 0) is 36.4 Å². The first-order valence-corrected chi connectivity index (χ1v) is 6.75. The van der Waals surface area contributed by atoms with Crippen molar-refractivity contribution >= 4 is 29.1 Å². The first-order valence-electron chi connectivity index (χ1n) is 6.75. The molecule has 0 heterocycles. The van der Waals surface area contributed by atoms with E-state index in [2.05, 4.69) is 5.32 Å². The lowest BCUT2D eigenvalue weighted by atomic mass is 10.1. The minimum Gasteiger partial charge on any atom is -0.508 e. The Labute approximate surface area is 136 Å². The van der Waals surface area contributed by atoms with Gasteiger partial charge in [0.15, 0.2) is 0 Å². The summed E-state index contributed by atoms with van der Waals surface area (Å²) in [6.07, 6.45) is 0.587. The van der Waals surface area contributed by atoms with Crippen molar-refractivity contribution in [3.63, 3.8) is 0 Å². The van der Waals surface area contributed by atoms with Crippen LogP contribution in [-0.4, -0.2) is 33.0 Å². The van der Waals surface area contributed by atoms with E-state index in [0.29, 0.717) is 17.3 Å². The number of phenolic OH excluding ortho intramolecular Hbond substituents is 1. The summed E-state index contributed by atoms with van der Waals surface area (Å²) in [5, 5.41) is 30.1. The van der Waals surface area contributed by atoms with Crippen LogP contribution in [0.1, 0.15) is 15.9 Å². The smallest absolute Gasteiger partial charge is 0.376 e. The number of aromatic hydroxyl groups is 1. The maximum Gasteiger partial charge on any atom is 0.376 e. The Hall–Kier alpha value is -3.61. The largest absolute Gasteiger partial charge is 0.508 e. The van der Waals surface area contributed by atoms with Crippen LogP contribution in [0.25, 0.3) is 5.76 Å². The molecule has 2 aromatic rings. The van der Waals surface area contributed by atoms with Crippen molar-refractivity contribution in [2.24, 2.45) is 0 Å². The van der Waals surface area contributed by atoms with Crippen molar-refractivity contribution in [2.45, 2.75) is 0 Å². The van der Waals surface area contributed by atoms with Crippen LogP contribution in [0.15, 0.2) is 54.6 Å². The molecule has 0 fully saturated rings. The molecule has 7 nitrogen and oxygen atoms in total. The number of phenols is 1. The van der Waals surface area contributed by atoms with Gasteiger partial charge in [-0.15, -0.1) is 0 Å². The molecule has 0 spiro atoms. The summed E-state index contributed by atoms with van der Waals surface area (Å²) in [6, 6.07) is 11.6. The van der Waals surface area contributed by atoms with Crippen LogP contribution in [0.3, 0.4) is 0 Å². The topological polar surface area (TPSA) is 124 Å². The van der Waals surface area contributed by atoms with Crippen molar-refractivity contribution in [3.05, 3.63) is 65.7 Å². The fraction of sp³-hybridized carbons (Fsp3) is 0. The molecule has 0 aromatic heterocycles. The third-order valence-corrected chi connectivity index (χ3v) is 3.02. The van der Waals surface area contributed by atoms with Gasteiger partial charge in [-0.3, -0.25) is 9.59 Å². The minimum absolute atomic E-state index is 0.0340. The first-order chi connectivity index (χ1) is 11.4. The zero-order valence-corrected chi connectivity index (χ0v) is 12.3. The van der Waals surface area contributed by atoms with E-state index in [4.69, 9.17) is 5.11 Å². The zero-order chi connectivity index (χ0) is 17.7. The van der Waals surface area contributed by atoms with Gasteiger partial charge in [-0.2, -0.15) is 0 Å². The molecule has 0 aliphatic heterocycles. The Morgan fingerprint density at radius 3 is 2.21 bits per heavy atom. The van der Waals surface area contributed by atoms with Crippen LogP contribution in [0, 0.1) is 0 Å². The van der Waals surface area contributed by atoms with Crippen LogP contribution in [0.2, 0.25) is 0 Å². The highest BCUT2D eigenvalue weighted by Gasteiger charge is 2.11. The summed E-state index contributed by atoms with van der Waals surface area (Å²) < 4.78 is 0. The van der Waals surface area contributed by atoms with E-state index in [-0.39, 0.29) is 11.3 Å². The molecule has 0 aliphatic rings. The standard InChI is InChI=1S/C17H13NO6/c19-13-6-4-10(5-7-13)16(22)18-12-3-1-2-11(8-12)14(20)9-15(21)17(23)24/h1-9,19-20H,(H,18,22)(H,23,24). The van der Waals surface area contributed by atoms with E-state index in [9.17, 15) is 24.6 Å². The van der Waals surface area contributed by atoms with Crippen molar-refractivity contribution in [2.75, 3.05) is 5.32 Å². The molecule has 0 saturated carbocycles. The average molecular weight is 327 g/mol. The zero-order valence-electron chi connectivity index (χ0n) is 12.3. The predicted molar refractivity (Wildman–Crippen MR) is 85.8 cm³/mol. The fourth-order valence-corrected chi connectivity index (χ4v) is 1.84. The Morgan fingerprint density at radius 2 is 1.58 bits per heavy atom. The highest BCUT2D eigenvalue weighted by Crippen LogP contribution is 2.18. The number of anilines is 1. The van der Waals surface area contributed by atoms with Crippen molar-refractivity contribution in [1.29, 1.82) is 0 Å². The Kier molecular flexibility index (Phi) is 4.96. The van der Waals surface area contributed by atoms with Gasteiger partial charge in [0.25, 0.3) is 11.7 Å². The number of nitrogens with one attached hydrogen (secondary N) is 1. The van der Waals surface area contributed by atoms with Crippen LogP contribution < -0.4 is 5.32 Å². The number of ketones is 1. The number of aliphatic carboxylic acids is 1. The second-order valence-electron chi connectivity index (χ2n) is 4.78. The summed E-state index contributed by atoms with van der Waals surface area (Å²) in [5.41, 5.74) is 0.834. The quantitative estimate of drug-likeness (QED) is 0.379. The maximum absolute atomic E-state index is 12.1. The average Bonchev–Trinajstić information content (AvgIpc) is 2.55. The second-order valence-corrected chi connectivity index (χ2v) is 4.78. The van der Waals surface area contributed by atoms with E-state index in [0.717, 1.165) is 0 Å². The van der Waals surface area contributed by atoms with Gasteiger partial charge >= 0.3 is 5.97 Å². The summed E-state index contributed by atoms with van der Waals surface area (Å²) in [5.74, 6) is -3.86. The normalized spacial score (nSPS) is 10.9. The number of carbonyl (C=O) groups is 3. The fourth-order valence-electron chi connectivity index (χ4n) is 1.84. The number of hydrogen-bond acceptors (Lipinski definition) is 5. The number of rotatable bonds is 5. The number of carboxylic acid groups (broad SMARTS) is 1. The SMILES string of the molecule is O=C(O)C(=O)C=C(O)c1cccc(NC(=O)c2ccc(O)cc2)c1. The highest BCUT2D eigenvalue weighted by atomic mass is 16.4. The van der Waals surface area contributed by atoms with E-state index in [1.54, 1.807) is 6.07 Å².